The molecule has 0 aromatic heterocycles. The second-order valence-electron chi connectivity index (χ2n) is 4.25. The molecule has 19 heavy (non-hydrogen) atoms. The molecule has 1 unspecified atom stereocenters. The number of carbonyl (C=O) groups excluding carboxylic acids is 2. The zero-order valence-corrected chi connectivity index (χ0v) is 10.9. The molecule has 0 aromatic rings. The Morgan fingerprint density at radius 2 is 2.37 bits per heavy atom. The number of amides is 3. The van der Waals surface area contributed by atoms with Crippen molar-refractivity contribution in [1.29, 1.82) is 0 Å². The van der Waals surface area contributed by atoms with Crippen molar-refractivity contribution in [2.24, 2.45) is 5.73 Å². The highest BCUT2D eigenvalue weighted by molar-refractivity contribution is 5.78. The van der Waals surface area contributed by atoms with Gasteiger partial charge in [0.2, 0.25) is 5.91 Å². The van der Waals surface area contributed by atoms with Crippen molar-refractivity contribution in [2.75, 3.05) is 13.2 Å². The maximum atomic E-state index is 11.6. The highest BCUT2D eigenvalue weighted by Crippen LogP contribution is 2.10. The van der Waals surface area contributed by atoms with Crippen LogP contribution in [0.15, 0.2) is 11.8 Å². The Morgan fingerprint density at radius 1 is 1.68 bits per heavy atom. The first-order valence-electron chi connectivity index (χ1n) is 5.88. The van der Waals surface area contributed by atoms with Crippen LogP contribution in [0.4, 0.5) is 4.79 Å². The minimum atomic E-state index is -0.649. The van der Waals surface area contributed by atoms with E-state index >= 15 is 0 Å². The number of nitrogens with zero attached hydrogens (tertiary/aromatic N) is 1. The molecule has 0 saturated carbocycles. The molecule has 1 rings (SSSR count). The van der Waals surface area contributed by atoms with Crippen LogP contribution in [-0.2, 0) is 4.79 Å². The first-order chi connectivity index (χ1) is 8.95. The monoisotopic (exact) mass is 266 g/mol. The predicted octanol–water partition coefficient (Wildman–Crippen LogP) is -1.30. The van der Waals surface area contributed by atoms with Crippen molar-refractivity contribution >= 4 is 11.9 Å². The number of hydrogen-bond donors (Lipinski definition) is 4. The van der Waals surface area contributed by atoms with Crippen molar-refractivity contribution in [3.8, 4) is 11.8 Å². The number of aliphatic hydroxyl groups excluding tert-OH is 1. The lowest BCUT2D eigenvalue weighted by Crippen LogP contribution is -2.53. The van der Waals surface area contributed by atoms with E-state index in [2.05, 4.69) is 22.5 Å². The number of hydrogen-bond acceptors (Lipinski definition) is 4. The van der Waals surface area contributed by atoms with E-state index in [0.29, 0.717) is 5.57 Å². The van der Waals surface area contributed by atoms with Gasteiger partial charge in [-0.05, 0) is 13.8 Å². The lowest BCUT2D eigenvalue weighted by Gasteiger charge is -2.30. The minimum Gasteiger partial charge on any atom is -0.387 e. The largest absolute Gasteiger partial charge is 0.387 e. The van der Waals surface area contributed by atoms with Gasteiger partial charge in [-0.25, -0.2) is 4.79 Å². The minimum absolute atomic E-state index is 0.00149. The molecule has 7 nitrogen and oxygen atoms in total. The maximum absolute atomic E-state index is 11.6. The molecule has 104 valence electrons. The molecule has 1 aliphatic heterocycles. The van der Waals surface area contributed by atoms with Crippen LogP contribution in [-0.4, -0.2) is 47.3 Å². The quantitative estimate of drug-likeness (QED) is 0.476. The van der Waals surface area contributed by atoms with Crippen molar-refractivity contribution in [2.45, 2.75) is 26.1 Å². The van der Waals surface area contributed by atoms with Gasteiger partial charge in [-0.1, -0.05) is 11.8 Å². The van der Waals surface area contributed by atoms with Gasteiger partial charge in [0.15, 0.2) is 0 Å². The number of rotatable bonds is 3. The van der Waals surface area contributed by atoms with E-state index in [1.807, 2.05) is 13.8 Å². The van der Waals surface area contributed by atoms with E-state index in [0.717, 1.165) is 0 Å². The summed E-state index contributed by atoms with van der Waals surface area (Å²) >= 11 is 0. The van der Waals surface area contributed by atoms with Gasteiger partial charge in [0, 0.05) is 12.2 Å². The van der Waals surface area contributed by atoms with E-state index < -0.39 is 18.7 Å². The number of nitrogens with one attached hydrogen (secondary N) is 2. The molecule has 0 fully saturated rings. The van der Waals surface area contributed by atoms with Crippen LogP contribution in [0.1, 0.15) is 13.8 Å². The summed E-state index contributed by atoms with van der Waals surface area (Å²) in [6.45, 7) is 3.29. The smallest absolute Gasteiger partial charge is 0.323 e. The summed E-state index contributed by atoms with van der Waals surface area (Å²) in [5.74, 6) is 5.00. The molecule has 1 atom stereocenters. The third kappa shape index (κ3) is 4.28. The number of aliphatic hydroxyl groups is 1. The third-order valence-corrected chi connectivity index (χ3v) is 2.43. The van der Waals surface area contributed by atoms with Crippen LogP contribution in [0.2, 0.25) is 0 Å². The lowest BCUT2D eigenvalue weighted by molar-refractivity contribution is -0.123. The van der Waals surface area contributed by atoms with E-state index in [-0.39, 0.29) is 18.6 Å². The summed E-state index contributed by atoms with van der Waals surface area (Å²) in [6, 6.07) is -0.264. The first kappa shape index (κ1) is 15.0. The zero-order chi connectivity index (χ0) is 14.4. The normalized spacial score (nSPS) is 18.4. The van der Waals surface area contributed by atoms with Crippen LogP contribution >= 0.6 is 0 Å². The molecule has 0 bridgehead atoms. The molecule has 0 radical (unpaired) electrons. The molecule has 0 aliphatic carbocycles. The second-order valence-corrected chi connectivity index (χ2v) is 4.25. The van der Waals surface area contributed by atoms with Gasteiger partial charge in [0.05, 0.1) is 12.1 Å². The molecular weight excluding hydrogens is 248 g/mol. The molecular formula is C12H18N4O3. The Bertz CT molecular complexity index is 448. The fourth-order valence-electron chi connectivity index (χ4n) is 1.41. The van der Waals surface area contributed by atoms with Gasteiger partial charge in [-0.2, -0.15) is 0 Å². The molecule has 0 aromatic carbocycles. The summed E-state index contributed by atoms with van der Waals surface area (Å²) in [6.07, 6.45) is 0.957. The molecule has 5 N–H and O–H groups in total. The highest BCUT2D eigenvalue weighted by Gasteiger charge is 2.24. The Morgan fingerprint density at radius 3 is 2.95 bits per heavy atom. The summed E-state index contributed by atoms with van der Waals surface area (Å²) in [5, 5.41) is 13.5. The molecule has 3 amide bonds. The Kier molecular flexibility index (Phi) is 5.36. The van der Waals surface area contributed by atoms with Gasteiger partial charge in [-0.15, -0.1) is 0 Å². The van der Waals surface area contributed by atoms with E-state index in [1.165, 1.54) is 4.90 Å². The number of nitrogens with two attached hydrogens (primary N) is 1. The number of carbonyl (C=O) groups is 2. The van der Waals surface area contributed by atoms with Gasteiger partial charge >= 0.3 is 6.03 Å². The third-order valence-electron chi connectivity index (χ3n) is 2.43. The molecule has 0 spiro atoms. The molecule has 1 heterocycles. The Hall–Kier alpha value is -2.04. The van der Waals surface area contributed by atoms with Gasteiger partial charge in [0.25, 0.3) is 0 Å². The van der Waals surface area contributed by atoms with Crippen LogP contribution in [0.25, 0.3) is 0 Å². The van der Waals surface area contributed by atoms with Gasteiger partial charge in [0.1, 0.15) is 12.8 Å². The predicted molar refractivity (Wildman–Crippen MR) is 69.4 cm³/mol. The molecule has 0 saturated heterocycles. The fraction of sp³-hybridized carbons (Fsp3) is 0.500. The van der Waals surface area contributed by atoms with Crippen molar-refractivity contribution in [3.63, 3.8) is 0 Å². The first-order valence-corrected chi connectivity index (χ1v) is 5.88. The Labute approximate surface area is 111 Å². The highest BCUT2D eigenvalue weighted by atomic mass is 16.3. The van der Waals surface area contributed by atoms with Crippen LogP contribution < -0.4 is 16.4 Å². The summed E-state index contributed by atoms with van der Waals surface area (Å²) < 4.78 is 0. The van der Waals surface area contributed by atoms with E-state index in [1.54, 1.807) is 6.20 Å². The van der Waals surface area contributed by atoms with Crippen LogP contribution in [0.5, 0.6) is 0 Å². The lowest BCUT2D eigenvalue weighted by atomic mass is 10.2. The zero-order valence-electron chi connectivity index (χ0n) is 10.9. The average Bonchev–Trinajstić information content (AvgIpc) is 2.35. The molecule has 7 heteroatoms. The standard InChI is InChI=1S/C12H18N4O3/c1-8(2)16-6-9(11(13)15-12(16)19)4-3-5-14-10(18)7-17/h6,8,11,17H,5,7,13H2,1-2H3,(H,14,18)(H,15,19). The van der Waals surface area contributed by atoms with Crippen molar-refractivity contribution < 1.29 is 14.7 Å². The maximum Gasteiger partial charge on any atom is 0.323 e. The van der Waals surface area contributed by atoms with Gasteiger partial charge in [-0.3, -0.25) is 9.69 Å². The average molecular weight is 266 g/mol. The van der Waals surface area contributed by atoms with Crippen molar-refractivity contribution in [3.05, 3.63) is 11.8 Å². The summed E-state index contributed by atoms with van der Waals surface area (Å²) in [5.41, 5.74) is 6.30. The fourth-order valence-corrected chi connectivity index (χ4v) is 1.41. The SMILES string of the molecule is CC(C)N1C=C(C#CCNC(=O)CO)C(N)NC1=O. The number of urea groups is 1. The summed E-state index contributed by atoms with van der Waals surface area (Å²) in [7, 11) is 0. The molecule has 1 aliphatic rings. The van der Waals surface area contributed by atoms with Gasteiger partial charge < -0.3 is 21.5 Å². The van der Waals surface area contributed by atoms with Crippen LogP contribution in [0, 0.1) is 11.8 Å². The van der Waals surface area contributed by atoms with Crippen molar-refractivity contribution in [1.82, 2.24) is 15.5 Å². The topological polar surface area (TPSA) is 108 Å². The Balaban J connectivity index is 2.70. The van der Waals surface area contributed by atoms with Crippen LogP contribution in [0.3, 0.4) is 0 Å². The summed E-state index contributed by atoms with van der Waals surface area (Å²) in [4.78, 5) is 23.9. The second kappa shape index (κ2) is 6.78. The van der Waals surface area contributed by atoms with E-state index in [9.17, 15) is 9.59 Å². The van der Waals surface area contributed by atoms with E-state index in [4.69, 9.17) is 10.8 Å².